The molecule has 2 saturated heterocycles. The van der Waals surface area contributed by atoms with Gasteiger partial charge in [-0.05, 0) is 49.7 Å². The van der Waals surface area contributed by atoms with E-state index in [1.165, 1.54) is 44.4 Å². The van der Waals surface area contributed by atoms with Gasteiger partial charge in [-0.3, -0.25) is 0 Å². The van der Waals surface area contributed by atoms with Crippen LogP contribution in [0.4, 0.5) is 0 Å². The van der Waals surface area contributed by atoms with Gasteiger partial charge < -0.3 is 74.7 Å². The second kappa shape index (κ2) is 15.8. The molecule has 2 aliphatic rings. The summed E-state index contributed by atoms with van der Waals surface area (Å²) in [5.74, 6) is -1.97. The van der Waals surface area contributed by atoms with Crippen LogP contribution >= 0.6 is 0 Å². The zero-order valence-corrected chi connectivity index (χ0v) is 24.9. The van der Waals surface area contributed by atoms with E-state index in [1.807, 2.05) is 0 Å². The molecule has 0 amide bonds. The Morgan fingerprint density at radius 2 is 1.33 bits per heavy atom. The van der Waals surface area contributed by atoms with Crippen molar-refractivity contribution in [2.24, 2.45) is 0 Å². The average molecular weight is 659 g/mol. The fourth-order valence-electron chi connectivity index (χ4n) is 4.67. The van der Waals surface area contributed by atoms with Crippen LogP contribution in [0.5, 0.6) is 17.2 Å². The van der Waals surface area contributed by atoms with E-state index in [0.29, 0.717) is 5.56 Å². The largest absolute Gasteiger partial charge is 0.493 e. The molecule has 0 aromatic heterocycles. The van der Waals surface area contributed by atoms with Crippen molar-refractivity contribution < 1.29 is 84.3 Å². The minimum atomic E-state index is -1.57. The Bertz CT molecular complexity index is 1350. The highest BCUT2D eigenvalue weighted by atomic mass is 16.7. The number of rotatable bonds is 9. The summed E-state index contributed by atoms with van der Waals surface area (Å²) in [6.07, 6.45) is -13.3. The predicted octanol–water partition coefficient (Wildman–Crippen LogP) is -2.04. The summed E-state index contributed by atoms with van der Waals surface area (Å²) >= 11 is 0. The van der Waals surface area contributed by atoms with E-state index in [2.05, 4.69) is 0 Å². The lowest BCUT2D eigenvalue weighted by Crippen LogP contribution is -2.60. The Morgan fingerprint density at radius 3 is 1.87 bits per heavy atom. The van der Waals surface area contributed by atoms with Gasteiger partial charge in [0.15, 0.2) is 11.5 Å². The molecule has 0 bridgehead atoms. The van der Waals surface area contributed by atoms with E-state index in [-0.39, 0.29) is 33.9 Å². The molecule has 0 aliphatic carbocycles. The number of carbonyl (C=O) groups is 2. The second-order valence-electron chi connectivity index (χ2n) is 10.5. The molecule has 17 nitrogen and oxygen atoms in total. The van der Waals surface area contributed by atoms with E-state index in [9.17, 15) is 45.3 Å². The smallest absolute Gasteiger partial charge is 0.335 e. The van der Waals surface area contributed by atoms with Crippen LogP contribution in [0.25, 0.3) is 0 Å². The van der Waals surface area contributed by atoms with Crippen molar-refractivity contribution in [1.82, 2.24) is 0 Å². The molecule has 10 atom stereocenters. The molecule has 2 heterocycles. The minimum absolute atomic E-state index is 0.00663. The number of carboxylic acid groups (broad SMARTS) is 2. The summed E-state index contributed by atoms with van der Waals surface area (Å²) in [5, 5.41) is 95.3. The number of hydrogen-bond acceptors (Lipinski definition) is 15. The van der Waals surface area contributed by atoms with Crippen LogP contribution in [0.15, 0.2) is 30.3 Å². The number of hydrogen-bond donors (Lipinski definition) is 10. The van der Waals surface area contributed by atoms with Crippen LogP contribution in [-0.4, -0.2) is 138 Å². The monoisotopic (exact) mass is 658 g/mol. The van der Waals surface area contributed by atoms with Gasteiger partial charge in [0.1, 0.15) is 48.5 Å². The van der Waals surface area contributed by atoms with Crippen LogP contribution < -0.4 is 14.2 Å². The van der Waals surface area contributed by atoms with Crippen LogP contribution in [-0.2, 0) is 16.1 Å². The number of ether oxygens (including phenoxy) is 5. The summed E-state index contributed by atoms with van der Waals surface area (Å²) in [6.45, 7) is 2.05. The molecule has 10 N–H and O–H groups in total. The Hall–Kier alpha value is -3.62. The lowest BCUT2D eigenvalue weighted by atomic mass is 9.99. The lowest BCUT2D eigenvalue weighted by molar-refractivity contribution is -0.277. The molecule has 2 aliphatic heterocycles. The minimum Gasteiger partial charge on any atom is -0.493 e. The zero-order chi connectivity index (χ0) is 34.5. The standard InChI is InChI=1S/C15H20O8.C14H18O9/c1-6-3-8(14(20)21)4-9(5-16)13(6)23-15-12(19)11(18)10(17)7(2)22-15;1-21-8-4-6(13(19)20)2-3-7(8)22-14-12(18)11(17)10(16)9(5-15)23-14/h3-4,7,10-12,15-19H,5H2,1-2H3,(H,20,21);2-4,9-12,14-18H,5H2,1H3,(H,19,20)/t7-,10-,11+,12+,15-;9-,10-,11+,12-,14-/m01/s1. The lowest BCUT2D eigenvalue weighted by Gasteiger charge is -2.39. The molecule has 0 saturated carbocycles. The third-order valence-electron chi connectivity index (χ3n) is 7.31. The van der Waals surface area contributed by atoms with Gasteiger partial charge in [0.05, 0.1) is 37.6 Å². The molecule has 0 unspecified atom stereocenters. The first-order chi connectivity index (χ1) is 21.6. The van der Waals surface area contributed by atoms with Gasteiger partial charge in [-0.2, -0.15) is 0 Å². The number of aryl methyl sites for hydroxylation is 1. The maximum absolute atomic E-state index is 11.0. The molecular weight excluding hydrogens is 620 g/mol. The van der Waals surface area contributed by atoms with Crippen LogP contribution in [0, 0.1) is 6.92 Å². The Morgan fingerprint density at radius 1 is 0.739 bits per heavy atom. The fourth-order valence-corrected chi connectivity index (χ4v) is 4.67. The van der Waals surface area contributed by atoms with Crippen molar-refractivity contribution in [2.45, 2.75) is 81.9 Å². The summed E-state index contributed by atoms with van der Waals surface area (Å²) in [6, 6.07) is 6.42. The topological polar surface area (TPSA) is 283 Å². The molecule has 2 aromatic rings. The van der Waals surface area contributed by atoms with E-state index in [0.717, 1.165) is 0 Å². The van der Waals surface area contributed by atoms with Gasteiger partial charge in [-0.15, -0.1) is 0 Å². The van der Waals surface area contributed by atoms with Crippen molar-refractivity contribution in [1.29, 1.82) is 0 Å². The van der Waals surface area contributed by atoms with Gasteiger partial charge >= 0.3 is 11.9 Å². The maximum atomic E-state index is 11.0. The highest BCUT2D eigenvalue weighted by Gasteiger charge is 2.45. The summed E-state index contributed by atoms with van der Waals surface area (Å²) < 4.78 is 26.5. The third kappa shape index (κ3) is 8.20. The SMILES string of the molecule is COc1cc(C(=O)O)ccc1O[C@@H]1O[C@H](CO)[C@@H](O)[C@H](O)[C@H]1O.Cc1cc(C(=O)O)cc(CO)c1O[C@@H]1O[C@@H](C)[C@H](O)[C@@H](O)[C@H]1O. The summed E-state index contributed by atoms with van der Waals surface area (Å²) in [7, 11) is 1.31. The van der Waals surface area contributed by atoms with Gasteiger partial charge in [0, 0.05) is 5.56 Å². The van der Waals surface area contributed by atoms with Crippen LogP contribution in [0.1, 0.15) is 38.8 Å². The number of aromatic carboxylic acids is 2. The number of aliphatic hydroxyl groups is 8. The first kappa shape index (κ1) is 36.8. The van der Waals surface area contributed by atoms with Gasteiger partial charge in [-0.25, -0.2) is 9.59 Å². The van der Waals surface area contributed by atoms with E-state index < -0.39 is 86.6 Å². The first-order valence-corrected chi connectivity index (χ1v) is 13.9. The number of aliphatic hydroxyl groups excluding tert-OH is 8. The molecule has 0 spiro atoms. The molecule has 46 heavy (non-hydrogen) atoms. The number of methoxy groups -OCH3 is 1. The summed E-state index contributed by atoms with van der Waals surface area (Å²) in [5.41, 5.74) is 0.611. The molecular formula is C29H38O17. The van der Waals surface area contributed by atoms with Crippen molar-refractivity contribution in [3.8, 4) is 17.2 Å². The van der Waals surface area contributed by atoms with Crippen molar-refractivity contribution >= 4 is 11.9 Å². The Labute approximate surface area is 262 Å². The third-order valence-corrected chi connectivity index (χ3v) is 7.31. The normalized spacial score (nSPS) is 30.8. The van der Waals surface area contributed by atoms with Crippen LogP contribution in [0.3, 0.4) is 0 Å². The molecule has 0 radical (unpaired) electrons. The average Bonchev–Trinajstić information content (AvgIpc) is 3.03. The number of benzene rings is 2. The highest BCUT2D eigenvalue weighted by Crippen LogP contribution is 2.33. The van der Waals surface area contributed by atoms with Crippen molar-refractivity contribution in [2.75, 3.05) is 13.7 Å². The van der Waals surface area contributed by atoms with Gasteiger partial charge in [0.25, 0.3) is 0 Å². The molecule has 256 valence electrons. The van der Waals surface area contributed by atoms with Gasteiger partial charge in [0.2, 0.25) is 12.6 Å². The van der Waals surface area contributed by atoms with Crippen LogP contribution in [0.2, 0.25) is 0 Å². The fraction of sp³-hybridized carbons (Fsp3) is 0.517. The molecule has 2 fully saturated rings. The van der Waals surface area contributed by atoms with E-state index in [1.54, 1.807) is 6.92 Å². The number of carboxylic acids is 2. The Kier molecular flexibility index (Phi) is 12.6. The highest BCUT2D eigenvalue weighted by molar-refractivity contribution is 5.89. The van der Waals surface area contributed by atoms with Gasteiger partial charge in [-0.1, -0.05) is 0 Å². The predicted molar refractivity (Wildman–Crippen MR) is 151 cm³/mol. The van der Waals surface area contributed by atoms with Crippen molar-refractivity contribution in [3.05, 3.63) is 52.6 Å². The van der Waals surface area contributed by atoms with E-state index in [4.69, 9.17) is 39.0 Å². The van der Waals surface area contributed by atoms with Crippen molar-refractivity contribution in [3.63, 3.8) is 0 Å². The molecule has 4 rings (SSSR count). The maximum Gasteiger partial charge on any atom is 0.335 e. The second-order valence-corrected chi connectivity index (χ2v) is 10.5. The van der Waals surface area contributed by atoms with E-state index >= 15 is 0 Å². The molecule has 2 aromatic carbocycles. The quantitative estimate of drug-likeness (QED) is 0.139. The molecule has 17 heteroatoms. The zero-order valence-electron chi connectivity index (χ0n) is 24.9. The first-order valence-electron chi connectivity index (χ1n) is 13.9. The summed E-state index contributed by atoms with van der Waals surface area (Å²) in [4.78, 5) is 22.0. The Balaban J connectivity index is 0.000000250.